The fourth-order valence-corrected chi connectivity index (χ4v) is 1.90. The highest BCUT2D eigenvalue weighted by Crippen LogP contribution is 2.23. The number of nitrogens with one attached hydrogen (secondary N) is 1. The van der Waals surface area contributed by atoms with Crippen LogP contribution in [0.3, 0.4) is 0 Å². The Kier molecular flexibility index (Phi) is 5.27. The van der Waals surface area contributed by atoms with Crippen LogP contribution in [0.4, 0.5) is 0 Å². The predicted molar refractivity (Wildman–Crippen MR) is 68.0 cm³/mol. The lowest BCUT2D eigenvalue weighted by Crippen LogP contribution is -2.30. The quantitative estimate of drug-likeness (QED) is 0.856. The van der Waals surface area contributed by atoms with Crippen LogP contribution in [0.25, 0.3) is 0 Å². The van der Waals surface area contributed by atoms with E-state index in [1.807, 2.05) is 6.07 Å². The van der Waals surface area contributed by atoms with Gasteiger partial charge < -0.3 is 5.32 Å². The van der Waals surface area contributed by atoms with Gasteiger partial charge in [0, 0.05) is 16.0 Å². The van der Waals surface area contributed by atoms with Crippen molar-refractivity contribution in [1.29, 1.82) is 5.26 Å². The molecule has 0 fully saturated rings. The third-order valence-corrected chi connectivity index (χ3v) is 2.92. The molecule has 0 aliphatic rings. The molecule has 0 aliphatic heterocycles. The Hall–Kier alpha value is -1.24. The smallest absolute Gasteiger partial charge is 0.223 e. The van der Waals surface area contributed by atoms with Gasteiger partial charge in [-0.3, -0.25) is 4.79 Å². The number of amides is 1. The number of carbonyl (C=O) groups is 1. The van der Waals surface area contributed by atoms with E-state index in [0.717, 1.165) is 5.56 Å². The Morgan fingerprint density at radius 2 is 2.24 bits per heavy atom. The highest BCUT2D eigenvalue weighted by atomic mass is 35.5. The van der Waals surface area contributed by atoms with Gasteiger partial charge in [0.15, 0.2) is 0 Å². The van der Waals surface area contributed by atoms with Crippen molar-refractivity contribution in [2.24, 2.45) is 5.92 Å². The number of halogens is 2. The summed E-state index contributed by atoms with van der Waals surface area (Å²) in [6.45, 7) is 1.81. The molecule has 3 nitrogen and oxygen atoms in total. The van der Waals surface area contributed by atoms with Crippen LogP contribution in [-0.4, -0.2) is 12.5 Å². The third kappa shape index (κ3) is 4.26. The van der Waals surface area contributed by atoms with Gasteiger partial charge in [-0.05, 0) is 24.1 Å². The number of hydrogen-bond acceptors (Lipinski definition) is 2. The van der Waals surface area contributed by atoms with E-state index in [2.05, 4.69) is 5.32 Å². The van der Waals surface area contributed by atoms with Crippen LogP contribution in [0.15, 0.2) is 18.2 Å². The molecule has 90 valence electrons. The molecule has 17 heavy (non-hydrogen) atoms. The zero-order chi connectivity index (χ0) is 12.8. The Bertz CT molecular complexity index is 454. The Morgan fingerprint density at radius 1 is 1.53 bits per heavy atom. The van der Waals surface area contributed by atoms with Crippen LogP contribution in [0, 0.1) is 17.2 Å². The maximum absolute atomic E-state index is 11.6. The molecule has 1 atom stereocenters. The van der Waals surface area contributed by atoms with E-state index in [1.165, 1.54) is 0 Å². The van der Waals surface area contributed by atoms with Gasteiger partial charge in [-0.25, -0.2) is 0 Å². The molecular weight excluding hydrogens is 259 g/mol. The van der Waals surface area contributed by atoms with E-state index < -0.39 is 0 Å². The first-order chi connectivity index (χ1) is 8.04. The maximum atomic E-state index is 11.6. The van der Waals surface area contributed by atoms with Gasteiger partial charge in [0.25, 0.3) is 0 Å². The average Bonchev–Trinajstić information content (AvgIpc) is 2.29. The second-order valence-corrected chi connectivity index (χ2v) is 4.56. The molecule has 0 heterocycles. The zero-order valence-electron chi connectivity index (χ0n) is 9.34. The summed E-state index contributed by atoms with van der Waals surface area (Å²) in [6.07, 6.45) is 0.521. The summed E-state index contributed by atoms with van der Waals surface area (Å²) in [7, 11) is 0. The summed E-state index contributed by atoms with van der Waals surface area (Å²) >= 11 is 11.8. The van der Waals surface area contributed by atoms with Crippen molar-refractivity contribution in [2.75, 3.05) is 6.54 Å². The van der Waals surface area contributed by atoms with Crippen LogP contribution in [0.5, 0.6) is 0 Å². The van der Waals surface area contributed by atoms with Crippen molar-refractivity contribution in [3.63, 3.8) is 0 Å². The van der Waals surface area contributed by atoms with Crippen molar-refractivity contribution in [1.82, 2.24) is 5.32 Å². The average molecular weight is 271 g/mol. The summed E-state index contributed by atoms with van der Waals surface area (Å²) in [6, 6.07) is 7.05. The van der Waals surface area contributed by atoms with Crippen LogP contribution in [0.2, 0.25) is 10.0 Å². The van der Waals surface area contributed by atoms with Gasteiger partial charge in [-0.15, -0.1) is 0 Å². The molecule has 0 spiro atoms. The minimum absolute atomic E-state index is 0.0253. The zero-order valence-corrected chi connectivity index (χ0v) is 10.8. The van der Waals surface area contributed by atoms with Crippen molar-refractivity contribution < 1.29 is 4.79 Å². The number of nitrogens with zero attached hydrogens (tertiary/aromatic N) is 1. The summed E-state index contributed by atoms with van der Waals surface area (Å²) in [5, 5.41) is 12.0. The van der Waals surface area contributed by atoms with Crippen molar-refractivity contribution in [3.8, 4) is 6.07 Å². The fourth-order valence-electron chi connectivity index (χ4n) is 1.41. The first kappa shape index (κ1) is 13.8. The summed E-state index contributed by atoms with van der Waals surface area (Å²) in [5.74, 6) is -0.389. The van der Waals surface area contributed by atoms with E-state index >= 15 is 0 Å². The lowest BCUT2D eigenvalue weighted by atomic mass is 10.0. The summed E-state index contributed by atoms with van der Waals surface area (Å²) in [4.78, 5) is 11.6. The third-order valence-electron chi connectivity index (χ3n) is 2.33. The molecule has 0 saturated carbocycles. The molecule has 1 rings (SSSR count). The molecule has 0 bridgehead atoms. The van der Waals surface area contributed by atoms with Crippen LogP contribution < -0.4 is 5.32 Å². The highest BCUT2D eigenvalue weighted by Gasteiger charge is 2.14. The summed E-state index contributed by atoms with van der Waals surface area (Å²) < 4.78 is 0. The van der Waals surface area contributed by atoms with Gasteiger partial charge in [0.1, 0.15) is 6.54 Å². The van der Waals surface area contributed by atoms with E-state index in [1.54, 1.807) is 25.1 Å². The molecule has 0 unspecified atom stereocenters. The molecule has 0 radical (unpaired) electrons. The first-order valence-electron chi connectivity index (χ1n) is 5.13. The van der Waals surface area contributed by atoms with E-state index in [9.17, 15) is 4.79 Å². The molecule has 0 aliphatic carbocycles. The second kappa shape index (κ2) is 6.48. The number of rotatable bonds is 4. The largest absolute Gasteiger partial charge is 0.343 e. The molecule has 0 saturated heterocycles. The molecule has 1 aromatic carbocycles. The SMILES string of the molecule is C[C@H](Cc1ccc(Cl)cc1Cl)C(=O)NCC#N. The first-order valence-corrected chi connectivity index (χ1v) is 5.88. The number of carbonyl (C=O) groups excluding carboxylic acids is 1. The molecular formula is C12H12Cl2N2O. The molecule has 1 amide bonds. The van der Waals surface area contributed by atoms with Crippen molar-refractivity contribution >= 4 is 29.1 Å². The summed E-state index contributed by atoms with van der Waals surface area (Å²) in [5.41, 5.74) is 0.871. The number of nitriles is 1. The van der Waals surface area contributed by atoms with E-state index in [-0.39, 0.29) is 18.4 Å². The standard InChI is InChI=1S/C12H12Cl2N2O/c1-8(12(17)16-5-4-15)6-9-2-3-10(13)7-11(9)14/h2-3,7-8H,5-6H2,1H3,(H,16,17)/t8-/m1/s1. The lowest BCUT2D eigenvalue weighted by Gasteiger charge is -2.11. The normalized spacial score (nSPS) is 11.6. The van der Waals surface area contributed by atoms with Crippen molar-refractivity contribution in [2.45, 2.75) is 13.3 Å². The maximum Gasteiger partial charge on any atom is 0.223 e. The number of hydrogen-bond donors (Lipinski definition) is 1. The van der Waals surface area contributed by atoms with Gasteiger partial charge in [-0.1, -0.05) is 36.2 Å². The van der Waals surface area contributed by atoms with Gasteiger partial charge in [0.2, 0.25) is 5.91 Å². The highest BCUT2D eigenvalue weighted by molar-refractivity contribution is 6.35. The molecule has 5 heteroatoms. The van der Waals surface area contributed by atoms with Crippen LogP contribution >= 0.6 is 23.2 Å². The van der Waals surface area contributed by atoms with Crippen LogP contribution in [-0.2, 0) is 11.2 Å². The fraction of sp³-hybridized carbons (Fsp3) is 0.333. The Morgan fingerprint density at radius 3 is 2.82 bits per heavy atom. The minimum Gasteiger partial charge on any atom is -0.343 e. The molecule has 1 aromatic rings. The van der Waals surface area contributed by atoms with Gasteiger partial charge in [0.05, 0.1) is 6.07 Å². The molecule has 0 aromatic heterocycles. The van der Waals surface area contributed by atoms with E-state index in [4.69, 9.17) is 28.5 Å². The van der Waals surface area contributed by atoms with Crippen molar-refractivity contribution in [3.05, 3.63) is 33.8 Å². The van der Waals surface area contributed by atoms with Gasteiger partial charge >= 0.3 is 0 Å². The Balaban J connectivity index is 2.65. The minimum atomic E-state index is -0.234. The Labute approximate surface area is 110 Å². The monoisotopic (exact) mass is 270 g/mol. The predicted octanol–water partition coefficient (Wildman–Crippen LogP) is 2.81. The number of benzene rings is 1. The lowest BCUT2D eigenvalue weighted by molar-refractivity contribution is -0.124. The van der Waals surface area contributed by atoms with Crippen LogP contribution in [0.1, 0.15) is 12.5 Å². The topological polar surface area (TPSA) is 52.9 Å². The van der Waals surface area contributed by atoms with Gasteiger partial charge in [-0.2, -0.15) is 5.26 Å². The molecule has 1 N–H and O–H groups in total. The second-order valence-electron chi connectivity index (χ2n) is 3.72. The van der Waals surface area contributed by atoms with E-state index in [0.29, 0.717) is 16.5 Å².